The van der Waals surface area contributed by atoms with E-state index in [-0.39, 0.29) is 24.6 Å². The molecule has 1 aromatic carbocycles. The molecule has 5 nitrogen and oxygen atoms in total. The van der Waals surface area contributed by atoms with Crippen molar-refractivity contribution in [3.05, 3.63) is 35.4 Å². The van der Waals surface area contributed by atoms with Crippen molar-refractivity contribution in [2.75, 3.05) is 12.3 Å². The number of nitrogens with one attached hydrogen (secondary N) is 1. The van der Waals surface area contributed by atoms with Gasteiger partial charge in [-0.2, -0.15) is 5.26 Å². The van der Waals surface area contributed by atoms with Crippen LogP contribution in [0.15, 0.2) is 24.3 Å². The summed E-state index contributed by atoms with van der Waals surface area (Å²) >= 11 is 0. The highest BCUT2D eigenvalue weighted by Gasteiger charge is 2.31. The van der Waals surface area contributed by atoms with Crippen molar-refractivity contribution >= 4 is 15.7 Å². The summed E-state index contributed by atoms with van der Waals surface area (Å²) in [6, 6.07) is 8.78. The first-order valence-electron chi connectivity index (χ1n) is 6.48. The van der Waals surface area contributed by atoms with Crippen LogP contribution in [-0.4, -0.2) is 31.9 Å². The van der Waals surface area contributed by atoms with Crippen LogP contribution in [0.25, 0.3) is 0 Å². The topological polar surface area (TPSA) is 87.0 Å². The first-order chi connectivity index (χ1) is 9.51. The summed E-state index contributed by atoms with van der Waals surface area (Å²) in [6.07, 6.45) is 1.50. The van der Waals surface area contributed by atoms with Crippen molar-refractivity contribution in [1.29, 1.82) is 5.26 Å². The van der Waals surface area contributed by atoms with Gasteiger partial charge in [0.25, 0.3) is 0 Å². The average Bonchev–Trinajstić information content (AvgIpc) is 2.76. The lowest BCUT2D eigenvalue weighted by Crippen LogP contribution is -2.35. The SMILES string of the molecule is N#Cc1ccc(CC(=O)NCC2CCCS2(=O)=O)cc1. The Balaban J connectivity index is 1.85. The fraction of sp³-hybridized carbons (Fsp3) is 0.429. The molecule has 0 aliphatic carbocycles. The zero-order valence-corrected chi connectivity index (χ0v) is 11.8. The van der Waals surface area contributed by atoms with Gasteiger partial charge in [-0.3, -0.25) is 4.79 Å². The van der Waals surface area contributed by atoms with Crippen LogP contribution in [0, 0.1) is 11.3 Å². The summed E-state index contributed by atoms with van der Waals surface area (Å²) in [5, 5.41) is 10.9. The number of carbonyl (C=O) groups is 1. The van der Waals surface area contributed by atoms with E-state index in [1.54, 1.807) is 24.3 Å². The zero-order chi connectivity index (χ0) is 14.6. The molecule has 1 aliphatic heterocycles. The van der Waals surface area contributed by atoms with Gasteiger partial charge in [-0.1, -0.05) is 12.1 Å². The van der Waals surface area contributed by atoms with Crippen LogP contribution < -0.4 is 5.32 Å². The molecule has 0 bridgehead atoms. The van der Waals surface area contributed by atoms with Gasteiger partial charge in [0.05, 0.1) is 29.1 Å². The summed E-state index contributed by atoms with van der Waals surface area (Å²) in [4.78, 5) is 11.8. The van der Waals surface area contributed by atoms with E-state index >= 15 is 0 Å². The minimum absolute atomic E-state index is 0.192. The monoisotopic (exact) mass is 292 g/mol. The van der Waals surface area contributed by atoms with Crippen molar-refractivity contribution in [2.24, 2.45) is 0 Å². The Hall–Kier alpha value is -1.87. The molecule has 106 valence electrons. The second-order valence-electron chi connectivity index (χ2n) is 4.92. The van der Waals surface area contributed by atoms with Crippen molar-refractivity contribution < 1.29 is 13.2 Å². The third kappa shape index (κ3) is 3.58. The highest BCUT2D eigenvalue weighted by Crippen LogP contribution is 2.19. The van der Waals surface area contributed by atoms with Crippen molar-refractivity contribution in [1.82, 2.24) is 5.32 Å². The van der Waals surface area contributed by atoms with Gasteiger partial charge in [0.15, 0.2) is 9.84 Å². The van der Waals surface area contributed by atoms with Crippen LogP contribution in [0.4, 0.5) is 0 Å². The summed E-state index contributed by atoms with van der Waals surface area (Å²) < 4.78 is 23.2. The van der Waals surface area contributed by atoms with E-state index in [4.69, 9.17) is 5.26 Å². The number of amides is 1. The predicted octanol–water partition coefficient (Wildman–Crippen LogP) is 0.794. The van der Waals surface area contributed by atoms with Crippen LogP contribution in [0.3, 0.4) is 0 Å². The minimum atomic E-state index is -3.02. The van der Waals surface area contributed by atoms with Crippen LogP contribution in [-0.2, 0) is 21.1 Å². The number of hydrogen-bond donors (Lipinski definition) is 1. The first-order valence-corrected chi connectivity index (χ1v) is 8.20. The molecule has 1 aliphatic rings. The van der Waals surface area contributed by atoms with Crippen LogP contribution >= 0.6 is 0 Å². The Bertz CT molecular complexity index is 629. The smallest absolute Gasteiger partial charge is 0.224 e. The molecule has 1 heterocycles. The third-order valence-corrected chi connectivity index (χ3v) is 5.71. The molecule has 0 aromatic heterocycles. The lowest BCUT2D eigenvalue weighted by atomic mass is 10.1. The van der Waals surface area contributed by atoms with E-state index in [1.165, 1.54) is 0 Å². The van der Waals surface area contributed by atoms with Gasteiger partial charge in [0.2, 0.25) is 5.91 Å². The molecule has 1 fully saturated rings. The van der Waals surface area contributed by atoms with Crippen molar-refractivity contribution in [3.63, 3.8) is 0 Å². The molecule has 1 N–H and O–H groups in total. The highest BCUT2D eigenvalue weighted by atomic mass is 32.2. The molecular formula is C14H16N2O3S. The Morgan fingerprint density at radius 1 is 1.35 bits per heavy atom. The van der Waals surface area contributed by atoms with E-state index < -0.39 is 15.1 Å². The van der Waals surface area contributed by atoms with Crippen LogP contribution in [0.5, 0.6) is 0 Å². The molecule has 2 rings (SSSR count). The molecular weight excluding hydrogens is 276 g/mol. The quantitative estimate of drug-likeness (QED) is 0.889. The molecule has 1 aromatic rings. The van der Waals surface area contributed by atoms with Gasteiger partial charge in [-0.15, -0.1) is 0 Å². The Kier molecular flexibility index (Phi) is 4.40. The maximum atomic E-state index is 11.8. The Morgan fingerprint density at radius 3 is 2.60 bits per heavy atom. The van der Waals surface area contributed by atoms with Crippen molar-refractivity contribution in [3.8, 4) is 6.07 Å². The average molecular weight is 292 g/mol. The number of sulfone groups is 1. The molecule has 0 saturated carbocycles. The second-order valence-corrected chi connectivity index (χ2v) is 7.32. The number of benzene rings is 1. The molecule has 1 amide bonds. The molecule has 1 unspecified atom stereocenters. The highest BCUT2D eigenvalue weighted by molar-refractivity contribution is 7.92. The van der Waals surface area contributed by atoms with Crippen LogP contribution in [0.2, 0.25) is 0 Å². The van der Waals surface area contributed by atoms with Gasteiger partial charge in [-0.05, 0) is 30.5 Å². The lowest BCUT2D eigenvalue weighted by Gasteiger charge is -2.10. The number of nitrogens with zero attached hydrogens (tertiary/aromatic N) is 1. The molecule has 0 radical (unpaired) electrons. The summed E-state index contributed by atoms with van der Waals surface area (Å²) in [7, 11) is -3.02. The standard InChI is InChI=1S/C14H16N2O3S/c15-9-12-5-3-11(4-6-12)8-14(17)16-10-13-2-1-7-20(13,18)19/h3-6,13H,1-2,7-8,10H2,(H,16,17). The predicted molar refractivity (Wildman–Crippen MR) is 74.7 cm³/mol. The number of carbonyl (C=O) groups excluding carboxylic acids is 1. The molecule has 1 saturated heterocycles. The van der Waals surface area contributed by atoms with E-state index in [1.807, 2.05) is 6.07 Å². The third-order valence-electron chi connectivity index (χ3n) is 3.44. The fourth-order valence-corrected chi connectivity index (χ4v) is 4.03. The van der Waals surface area contributed by atoms with Gasteiger partial charge < -0.3 is 5.32 Å². The zero-order valence-electron chi connectivity index (χ0n) is 11.0. The van der Waals surface area contributed by atoms with E-state index in [0.717, 1.165) is 5.56 Å². The molecule has 0 spiro atoms. The first kappa shape index (κ1) is 14.5. The van der Waals surface area contributed by atoms with Gasteiger partial charge >= 0.3 is 0 Å². The molecule has 6 heteroatoms. The maximum Gasteiger partial charge on any atom is 0.224 e. The van der Waals surface area contributed by atoms with E-state index in [2.05, 4.69) is 5.32 Å². The number of hydrogen-bond acceptors (Lipinski definition) is 4. The number of rotatable bonds is 4. The second kappa shape index (κ2) is 6.06. The van der Waals surface area contributed by atoms with Gasteiger partial charge in [0, 0.05) is 6.54 Å². The maximum absolute atomic E-state index is 11.8. The molecule has 1 atom stereocenters. The van der Waals surface area contributed by atoms with Crippen LogP contribution in [0.1, 0.15) is 24.0 Å². The van der Waals surface area contributed by atoms with E-state index in [9.17, 15) is 13.2 Å². The Labute approximate surface area is 118 Å². The summed E-state index contributed by atoms with van der Waals surface area (Å²) in [5.41, 5.74) is 1.35. The Morgan fingerprint density at radius 2 is 2.05 bits per heavy atom. The number of nitriles is 1. The summed E-state index contributed by atoms with van der Waals surface area (Å²) in [6.45, 7) is 0.192. The lowest BCUT2D eigenvalue weighted by molar-refractivity contribution is -0.120. The minimum Gasteiger partial charge on any atom is -0.355 e. The van der Waals surface area contributed by atoms with E-state index in [0.29, 0.717) is 18.4 Å². The molecule has 20 heavy (non-hydrogen) atoms. The normalized spacial score (nSPS) is 20.2. The fourth-order valence-electron chi connectivity index (χ4n) is 2.26. The van der Waals surface area contributed by atoms with Gasteiger partial charge in [-0.25, -0.2) is 8.42 Å². The van der Waals surface area contributed by atoms with Gasteiger partial charge in [0.1, 0.15) is 0 Å². The summed E-state index contributed by atoms with van der Waals surface area (Å²) in [5.74, 6) is 0.0280. The largest absolute Gasteiger partial charge is 0.355 e. The van der Waals surface area contributed by atoms with Crippen molar-refractivity contribution in [2.45, 2.75) is 24.5 Å².